The first-order valence-electron chi connectivity index (χ1n) is 8.76. The van der Waals surface area contributed by atoms with Crippen molar-refractivity contribution in [3.63, 3.8) is 0 Å². The Balaban J connectivity index is 2.53. The first-order valence-corrected chi connectivity index (χ1v) is 8.76. The topological polar surface area (TPSA) is 81.9 Å². The molecule has 0 aliphatic carbocycles. The lowest BCUT2D eigenvalue weighted by atomic mass is 9.90. The average molecular weight is 370 g/mol. The van der Waals surface area contributed by atoms with Crippen LogP contribution in [-0.2, 0) is 22.3 Å². The lowest BCUT2D eigenvalue weighted by molar-refractivity contribution is 0.0816. The quantitative estimate of drug-likeness (QED) is 0.299. The van der Waals surface area contributed by atoms with Gasteiger partial charge in [-0.25, -0.2) is 5.84 Å². The first-order chi connectivity index (χ1) is 13.0. The zero-order valence-corrected chi connectivity index (χ0v) is 16.0. The highest BCUT2D eigenvalue weighted by Crippen LogP contribution is 2.28. The Morgan fingerprint density at radius 2 is 1.48 bits per heavy atom. The van der Waals surface area contributed by atoms with Crippen LogP contribution in [0.3, 0.4) is 0 Å². The highest BCUT2D eigenvalue weighted by Gasteiger charge is 2.24. The van der Waals surface area contributed by atoms with Gasteiger partial charge < -0.3 is 14.5 Å². The van der Waals surface area contributed by atoms with Gasteiger partial charge in [0.2, 0.25) is 11.6 Å². The van der Waals surface area contributed by atoms with Gasteiger partial charge >= 0.3 is 0 Å². The third-order valence-electron chi connectivity index (χ3n) is 4.39. The predicted molar refractivity (Wildman–Crippen MR) is 105 cm³/mol. The molecule has 6 nitrogen and oxygen atoms in total. The van der Waals surface area contributed by atoms with E-state index >= 15 is 0 Å². The van der Waals surface area contributed by atoms with Crippen LogP contribution in [0.1, 0.15) is 31.8 Å². The molecule has 0 saturated heterocycles. The molecule has 0 saturated carbocycles. The summed E-state index contributed by atoms with van der Waals surface area (Å²) in [7, 11) is 4.96. The second kappa shape index (κ2) is 9.97. The number of hydrogen-bond acceptors (Lipinski definition) is 6. The number of hydrogen-bond donors (Lipinski definition) is 1. The van der Waals surface area contributed by atoms with Crippen molar-refractivity contribution >= 4 is 17.3 Å². The van der Waals surface area contributed by atoms with Crippen molar-refractivity contribution in [1.82, 2.24) is 0 Å². The maximum atomic E-state index is 13.0. The van der Waals surface area contributed by atoms with Gasteiger partial charge in [0.15, 0.2) is 0 Å². The van der Waals surface area contributed by atoms with Gasteiger partial charge in [-0.05, 0) is 36.1 Å². The number of ketones is 2. The van der Waals surface area contributed by atoms with Crippen molar-refractivity contribution in [3.8, 4) is 0 Å². The fraction of sp³-hybridized carbons (Fsp3) is 0.333. The van der Waals surface area contributed by atoms with E-state index in [0.29, 0.717) is 37.2 Å². The monoisotopic (exact) mass is 370 g/mol. The van der Waals surface area contributed by atoms with Gasteiger partial charge in [0.25, 0.3) is 0 Å². The van der Waals surface area contributed by atoms with Crippen LogP contribution in [0.2, 0.25) is 0 Å². The molecule has 2 aromatic carbocycles. The van der Waals surface area contributed by atoms with E-state index in [9.17, 15) is 9.59 Å². The summed E-state index contributed by atoms with van der Waals surface area (Å²) < 4.78 is 10.4. The molecule has 0 radical (unpaired) electrons. The molecule has 0 bridgehead atoms. The second-order valence-electron chi connectivity index (χ2n) is 6.21. The molecular formula is C21H26N2O4. The molecule has 0 amide bonds. The SMILES string of the molecule is COCCc1c(C(=O)C(=O)c2ccccc2)ccc(N(C)N)c1CCOC. The number of nitrogens with zero attached hydrogens (tertiary/aromatic N) is 1. The maximum Gasteiger partial charge on any atom is 0.233 e. The van der Waals surface area contributed by atoms with E-state index in [0.717, 1.165) is 16.8 Å². The summed E-state index contributed by atoms with van der Waals surface area (Å²) in [6, 6.07) is 12.0. The maximum absolute atomic E-state index is 13.0. The molecule has 144 valence electrons. The number of carbonyl (C=O) groups is 2. The Morgan fingerprint density at radius 3 is 2.04 bits per heavy atom. The molecule has 0 aliphatic heterocycles. The summed E-state index contributed by atoms with van der Waals surface area (Å²) >= 11 is 0. The van der Waals surface area contributed by atoms with Gasteiger partial charge in [-0.15, -0.1) is 0 Å². The molecular weight excluding hydrogens is 344 g/mol. The minimum absolute atomic E-state index is 0.374. The zero-order valence-electron chi connectivity index (χ0n) is 16.0. The minimum atomic E-state index is -0.530. The molecule has 0 unspecified atom stereocenters. The van der Waals surface area contributed by atoms with Crippen molar-refractivity contribution < 1.29 is 19.1 Å². The summed E-state index contributed by atoms with van der Waals surface area (Å²) in [5.74, 6) is 4.91. The van der Waals surface area contributed by atoms with Crippen LogP contribution in [0, 0.1) is 0 Å². The van der Waals surface area contributed by atoms with Crippen LogP contribution in [0.4, 0.5) is 5.69 Å². The molecule has 2 rings (SSSR count). The van der Waals surface area contributed by atoms with E-state index < -0.39 is 11.6 Å². The van der Waals surface area contributed by atoms with Gasteiger partial charge in [-0.3, -0.25) is 9.59 Å². The third kappa shape index (κ3) is 5.01. The number of rotatable bonds is 10. The minimum Gasteiger partial charge on any atom is -0.384 e. The van der Waals surface area contributed by atoms with E-state index in [1.54, 1.807) is 63.7 Å². The van der Waals surface area contributed by atoms with Gasteiger partial charge in [0, 0.05) is 32.4 Å². The third-order valence-corrected chi connectivity index (χ3v) is 4.39. The number of benzene rings is 2. The van der Waals surface area contributed by atoms with Gasteiger partial charge in [0.1, 0.15) is 0 Å². The van der Waals surface area contributed by atoms with Crippen LogP contribution >= 0.6 is 0 Å². The molecule has 0 heterocycles. The van der Waals surface area contributed by atoms with Crippen LogP contribution < -0.4 is 10.9 Å². The fourth-order valence-corrected chi connectivity index (χ4v) is 3.04. The van der Waals surface area contributed by atoms with E-state index in [-0.39, 0.29) is 0 Å². The standard InChI is InChI=1S/C21H26N2O4/c1-23(22)19-10-9-18(16(11-13-26-2)17(19)12-14-27-3)21(25)20(24)15-7-5-4-6-8-15/h4-10H,11-14,22H2,1-3H3. The summed E-state index contributed by atoms with van der Waals surface area (Å²) in [6.45, 7) is 0.905. The van der Waals surface area contributed by atoms with Crippen molar-refractivity contribution in [2.45, 2.75) is 12.8 Å². The molecule has 0 spiro atoms. The molecule has 27 heavy (non-hydrogen) atoms. The zero-order chi connectivity index (χ0) is 19.8. The number of hydrazine groups is 1. The van der Waals surface area contributed by atoms with Crippen LogP contribution in [0.5, 0.6) is 0 Å². The molecule has 2 aromatic rings. The summed E-state index contributed by atoms with van der Waals surface area (Å²) in [4.78, 5) is 25.6. The van der Waals surface area contributed by atoms with E-state index in [2.05, 4.69) is 0 Å². The first kappa shape index (κ1) is 20.8. The van der Waals surface area contributed by atoms with Crippen molar-refractivity contribution in [2.75, 3.05) is 39.5 Å². The number of nitrogens with two attached hydrogens (primary N) is 1. The van der Waals surface area contributed by atoms with Crippen LogP contribution in [-0.4, -0.2) is 46.0 Å². The van der Waals surface area contributed by atoms with Gasteiger partial charge in [-0.2, -0.15) is 0 Å². The van der Waals surface area contributed by atoms with Gasteiger partial charge in [0.05, 0.1) is 18.9 Å². The van der Waals surface area contributed by atoms with Crippen molar-refractivity contribution in [3.05, 3.63) is 64.7 Å². The number of ether oxygens (including phenoxy) is 2. The molecule has 0 aliphatic rings. The second-order valence-corrected chi connectivity index (χ2v) is 6.21. The Kier molecular flexibility index (Phi) is 7.67. The smallest absolute Gasteiger partial charge is 0.233 e. The Morgan fingerprint density at radius 1 is 0.889 bits per heavy atom. The number of methoxy groups -OCH3 is 2. The average Bonchev–Trinajstić information content (AvgIpc) is 2.69. The Bertz CT molecular complexity index is 788. The normalized spacial score (nSPS) is 10.7. The van der Waals surface area contributed by atoms with Crippen LogP contribution in [0.25, 0.3) is 0 Å². The molecule has 0 fully saturated rings. The fourth-order valence-electron chi connectivity index (χ4n) is 3.04. The van der Waals surface area contributed by atoms with Gasteiger partial charge in [-0.1, -0.05) is 30.3 Å². The highest BCUT2D eigenvalue weighted by atomic mass is 16.5. The Labute approximate surface area is 159 Å². The summed E-state index contributed by atoms with van der Waals surface area (Å²) in [5.41, 5.74) is 3.22. The van der Waals surface area contributed by atoms with Crippen molar-refractivity contribution in [2.24, 2.45) is 5.84 Å². The molecule has 0 aromatic heterocycles. The highest BCUT2D eigenvalue weighted by molar-refractivity contribution is 6.49. The predicted octanol–water partition coefficient (Wildman–Crippen LogP) is 2.44. The number of carbonyl (C=O) groups excluding carboxylic acids is 2. The number of anilines is 1. The number of Topliss-reactive ketones (excluding diaryl/α,β-unsaturated/α-hetero) is 2. The van der Waals surface area contributed by atoms with E-state index in [1.807, 2.05) is 0 Å². The lowest BCUT2D eigenvalue weighted by Gasteiger charge is -2.22. The van der Waals surface area contributed by atoms with E-state index in [4.69, 9.17) is 15.3 Å². The summed E-state index contributed by atoms with van der Waals surface area (Å²) in [5, 5.41) is 1.51. The van der Waals surface area contributed by atoms with Crippen molar-refractivity contribution in [1.29, 1.82) is 0 Å². The molecule has 0 atom stereocenters. The molecule has 6 heteroatoms. The van der Waals surface area contributed by atoms with E-state index in [1.165, 1.54) is 5.01 Å². The largest absolute Gasteiger partial charge is 0.384 e. The summed E-state index contributed by atoms with van der Waals surface area (Å²) in [6.07, 6.45) is 1.08. The van der Waals surface area contributed by atoms with Crippen LogP contribution in [0.15, 0.2) is 42.5 Å². The Hall–Kier alpha value is -2.54. The molecule has 2 N–H and O–H groups in total. The lowest BCUT2D eigenvalue weighted by Crippen LogP contribution is -2.28.